The van der Waals surface area contributed by atoms with Crippen molar-refractivity contribution in [1.82, 2.24) is 10.3 Å². The first-order valence-electron chi connectivity index (χ1n) is 6.00. The van der Waals surface area contributed by atoms with Crippen LogP contribution in [0.1, 0.15) is 38.9 Å². The van der Waals surface area contributed by atoms with Crippen LogP contribution in [-0.4, -0.2) is 27.8 Å². The summed E-state index contributed by atoms with van der Waals surface area (Å²) >= 11 is 5.72. The van der Waals surface area contributed by atoms with Crippen LogP contribution in [0.25, 0.3) is 0 Å². The summed E-state index contributed by atoms with van der Waals surface area (Å²) in [6, 6.07) is 2.36. The second-order valence-electron chi connectivity index (χ2n) is 5.20. The number of nitrogens with zero attached hydrogens (tertiary/aromatic N) is 1. The van der Waals surface area contributed by atoms with Crippen LogP contribution in [0.15, 0.2) is 18.3 Å². The third-order valence-corrected chi connectivity index (χ3v) is 2.40. The second kappa shape index (κ2) is 6.56. The van der Waals surface area contributed by atoms with Crippen molar-refractivity contribution in [1.29, 1.82) is 0 Å². The molecule has 2 N–H and O–H groups in total. The lowest BCUT2D eigenvalue weighted by atomic mass is 10.1. The van der Waals surface area contributed by atoms with Crippen molar-refractivity contribution < 1.29 is 19.4 Å². The third kappa shape index (κ3) is 5.88. The smallest absolute Gasteiger partial charge is 0.408 e. The fourth-order valence-electron chi connectivity index (χ4n) is 1.45. The topological polar surface area (TPSA) is 88.5 Å². The first-order chi connectivity index (χ1) is 9.17. The molecular formula is C13H17ClN2O4. The van der Waals surface area contributed by atoms with E-state index in [1.807, 2.05) is 0 Å². The molecule has 20 heavy (non-hydrogen) atoms. The van der Waals surface area contributed by atoms with Gasteiger partial charge >= 0.3 is 12.1 Å². The van der Waals surface area contributed by atoms with Crippen molar-refractivity contribution >= 4 is 23.7 Å². The Balaban J connectivity index is 2.82. The van der Waals surface area contributed by atoms with E-state index in [4.69, 9.17) is 21.4 Å². The number of carboxylic acid groups (broad SMARTS) is 1. The van der Waals surface area contributed by atoms with Gasteiger partial charge in [0.1, 0.15) is 5.60 Å². The highest BCUT2D eigenvalue weighted by Crippen LogP contribution is 2.18. The summed E-state index contributed by atoms with van der Waals surface area (Å²) in [6.45, 7) is 5.16. The molecule has 0 spiro atoms. The second-order valence-corrected chi connectivity index (χ2v) is 5.63. The normalized spacial score (nSPS) is 12.6. The van der Waals surface area contributed by atoms with E-state index in [1.54, 1.807) is 32.9 Å². The first kappa shape index (κ1) is 16.2. The Morgan fingerprint density at radius 2 is 2.10 bits per heavy atom. The van der Waals surface area contributed by atoms with Crippen molar-refractivity contribution in [3.63, 3.8) is 0 Å². The molecule has 0 aliphatic heterocycles. The number of pyridine rings is 1. The average molecular weight is 301 g/mol. The number of aliphatic carboxylic acids is 1. The van der Waals surface area contributed by atoms with Gasteiger partial charge in [-0.3, -0.25) is 9.78 Å². The molecule has 0 fully saturated rings. The highest BCUT2D eigenvalue weighted by Gasteiger charge is 2.23. The predicted octanol–water partition coefficient (Wildman–Crippen LogP) is 2.78. The van der Waals surface area contributed by atoms with E-state index in [1.165, 1.54) is 6.20 Å². The van der Waals surface area contributed by atoms with Crippen LogP contribution in [0.4, 0.5) is 4.79 Å². The molecule has 6 nitrogen and oxygen atoms in total. The molecule has 1 rings (SSSR count). The minimum Gasteiger partial charge on any atom is -0.481 e. The zero-order valence-electron chi connectivity index (χ0n) is 11.5. The maximum absolute atomic E-state index is 11.7. The van der Waals surface area contributed by atoms with E-state index in [0.717, 1.165) is 0 Å². The Labute approximate surface area is 122 Å². The van der Waals surface area contributed by atoms with Crippen LogP contribution in [0, 0.1) is 0 Å². The van der Waals surface area contributed by atoms with E-state index in [9.17, 15) is 9.59 Å². The quantitative estimate of drug-likeness (QED) is 0.892. The zero-order valence-corrected chi connectivity index (χ0v) is 12.3. The number of carbonyl (C=O) groups excluding carboxylic acids is 1. The maximum Gasteiger partial charge on any atom is 0.408 e. The van der Waals surface area contributed by atoms with Crippen molar-refractivity contribution in [2.45, 2.75) is 38.8 Å². The van der Waals surface area contributed by atoms with Crippen molar-refractivity contribution in [3.8, 4) is 0 Å². The molecule has 1 amide bonds. The van der Waals surface area contributed by atoms with E-state index >= 15 is 0 Å². The summed E-state index contributed by atoms with van der Waals surface area (Å²) in [6.07, 6.45) is 0.400. The summed E-state index contributed by atoms with van der Waals surface area (Å²) in [5.74, 6) is -1.05. The van der Waals surface area contributed by atoms with Crippen molar-refractivity contribution in [3.05, 3.63) is 29.0 Å². The highest BCUT2D eigenvalue weighted by molar-refractivity contribution is 6.30. The number of carboxylic acids is 1. The van der Waals surface area contributed by atoms with Gasteiger partial charge < -0.3 is 15.2 Å². The molecule has 0 saturated carbocycles. The summed E-state index contributed by atoms with van der Waals surface area (Å²) < 4.78 is 5.10. The van der Waals surface area contributed by atoms with Gasteiger partial charge in [-0.05, 0) is 32.9 Å². The number of alkyl carbamates (subject to hydrolysis) is 1. The summed E-state index contributed by atoms with van der Waals surface area (Å²) in [5.41, 5.74) is -0.256. The Morgan fingerprint density at radius 1 is 1.45 bits per heavy atom. The van der Waals surface area contributed by atoms with E-state index in [2.05, 4.69) is 10.3 Å². The number of hydrogen-bond acceptors (Lipinski definition) is 4. The van der Waals surface area contributed by atoms with Gasteiger partial charge in [0, 0.05) is 6.20 Å². The largest absolute Gasteiger partial charge is 0.481 e. The number of carbonyl (C=O) groups is 2. The molecule has 0 saturated heterocycles. The number of rotatable bonds is 4. The van der Waals surface area contributed by atoms with Gasteiger partial charge in [0.15, 0.2) is 0 Å². The van der Waals surface area contributed by atoms with Crippen molar-refractivity contribution in [2.24, 2.45) is 0 Å². The molecule has 0 unspecified atom stereocenters. The van der Waals surface area contributed by atoms with Gasteiger partial charge in [-0.25, -0.2) is 4.79 Å². The van der Waals surface area contributed by atoms with Crippen LogP contribution in [0.5, 0.6) is 0 Å². The van der Waals surface area contributed by atoms with Gasteiger partial charge in [-0.2, -0.15) is 0 Å². The van der Waals surface area contributed by atoms with Gasteiger partial charge in [0.25, 0.3) is 0 Å². The lowest BCUT2D eigenvalue weighted by molar-refractivity contribution is -0.137. The molecule has 110 valence electrons. The summed E-state index contributed by atoms with van der Waals surface area (Å²) in [5, 5.41) is 11.8. The fourth-order valence-corrected chi connectivity index (χ4v) is 1.56. The third-order valence-electron chi connectivity index (χ3n) is 2.18. The number of aromatic nitrogens is 1. The van der Waals surface area contributed by atoms with Crippen LogP contribution in [0.3, 0.4) is 0 Å². The average Bonchev–Trinajstić information content (AvgIpc) is 2.25. The SMILES string of the molecule is CC(C)(C)OC(=O)N[C@@H](CC(=O)O)c1ccc(Cl)cn1. The summed E-state index contributed by atoms with van der Waals surface area (Å²) in [4.78, 5) is 26.6. The van der Waals surface area contributed by atoms with E-state index in [-0.39, 0.29) is 6.42 Å². The lowest BCUT2D eigenvalue weighted by Gasteiger charge is -2.22. The molecule has 1 heterocycles. The molecule has 1 aromatic rings. The number of nitrogens with one attached hydrogen (secondary N) is 1. The molecule has 0 aromatic carbocycles. The number of hydrogen-bond donors (Lipinski definition) is 2. The van der Waals surface area contributed by atoms with Gasteiger partial charge in [0.2, 0.25) is 0 Å². The van der Waals surface area contributed by atoms with Crippen molar-refractivity contribution in [2.75, 3.05) is 0 Å². The Morgan fingerprint density at radius 3 is 2.55 bits per heavy atom. The van der Waals surface area contributed by atoms with Crippen LogP contribution in [0.2, 0.25) is 5.02 Å². The van der Waals surface area contributed by atoms with E-state index in [0.29, 0.717) is 10.7 Å². The standard InChI is InChI=1S/C13H17ClN2O4/c1-13(2,3)20-12(19)16-10(6-11(17)18)9-5-4-8(14)7-15-9/h4-5,7,10H,6H2,1-3H3,(H,16,19)(H,17,18)/t10-/m0/s1. The number of halogens is 1. The Bertz CT molecular complexity index is 482. The summed E-state index contributed by atoms with van der Waals surface area (Å²) in [7, 11) is 0. The molecule has 0 radical (unpaired) electrons. The van der Waals surface area contributed by atoms with Gasteiger partial charge in [-0.15, -0.1) is 0 Å². The van der Waals surface area contributed by atoms with Gasteiger partial charge in [0.05, 0.1) is 23.2 Å². The zero-order chi connectivity index (χ0) is 15.3. The maximum atomic E-state index is 11.7. The van der Waals surface area contributed by atoms with E-state index < -0.39 is 23.7 Å². The minimum atomic E-state index is -1.05. The monoisotopic (exact) mass is 300 g/mol. The van der Waals surface area contributed by atoms with Crippen LogP contribution >= 0.6 is 11.6 Å². The lowest BCUT2D eigenvalue weighted by Crippen LogP contribution is -2.36. The van der Waals surface area contributed by atoms with Crippen LogP contribution < -0.4 is 5.32 Å². The molecule has 1 aromatic heterocycles. The molecule has 7 heteroatoms. The number of amides is 1. The molecule has 0 bridgehead atoms. The molecule has 0 aliphatic rings. The fraction of sp³-hybridized carbons (Fsp3) is 0.462. The van der Waals surface area contributed by atoms with Gasteiger partial charge in [-0.1, -0.05) is 11.6 Å². The molecule has 1 atom stereocenters. The first-order valence-corrected chi connectivity index (χ1v) is 6.38. The number of ether oxygens (including phenoxy) is 1. The molecule has 0 aliphatic carbocycles. The minimum absolute atomic E-state index is 0.298. The highest BCUT2D eigenvalue weighted by atomic mass is 35.5. The van der Waals surface area contributed by atoms with Crippen LogP contribution in [-0.2, 0) is 9.53 Å². The Hall–Kier alpha value is -1.82. The molecular weight excluding hydrogens is 284 g/mol. The predicted molar refractivity (Wildman–Crippen MR) is 73.6 cm³/mol. The Kier molecular flexibility index (Phi) is 5.33.